The average molecular weight is 380 g/mol. The molecule has 0 aliphatic carbocycles. The van der Waals surface area contributed by atoms with E-state index < -0.39 is 0 Å². The van der Waals surface area contributed by atoms with Gasteiger partial charge in [-0.2, -0.15) is 0 Å². The summed E-state index contributed by atoms with van der Waals surface area (Å²) in [5.41, 5.74) is 3.66. The van der Waals surface area contributed by atoms with Crippen LogP contribution >= 0.6 is 11.3 Å². The lowest BCUT2D eigenvalue weighted by molar-refractivity contribution is 0.115. The van der Waals surface area contributed by atoms with Gasteiger partial charge in [0.1, 0.15) is 5.82 Å². The van der Waals surface area contributed by atoms with E-state index in [0.29, 0.717) is 11.8 Å². The van der Waals surface area contributed by atoms with E-state index in [-0.39, 0.29) is 11.4 Å². The SMILES string of the molecule is O=c1ccc(-c2cccs2)c2n1CC1CC2CN(Cc2ccc(F)cc2)C1. The Hall–Kier alpha value is -2.24. The number of rotatable bonds is 3. The number of thiophene rings is 1. The lowest BCUT2D eigenvalue weighted by Gasteiger charge is -2.43. The largest absolute Gasteiger partial charge is 0.311 e. The highest BCUT2D eigenvalue weighted by Gasteiger charge is 2.36. The number of fused-ring (bicyclic) bond motifs is 4. The molecular weight excluding hydrogens is 359 g/mol. The van der Waals surface area contributed by atoms with Crippen LogP contribution in [0.3, 0.4) is 0 Å². The third-order valence-corrected chi connectivity index (χ3v) is 6.67. The van der Waals surface area contributed by atoms with Crippen LogP contribution < -0.4 is 5.56 Å². The number of benzene rings is 1. The average Bonchev–Trinajstić information content (AvgIpc) is 3.19. The topological polar surface area (TPSA) is 25.2 Å². The van der Waals surface area contributed by atoms with Crippen LogP contribution in [0, 0.1) is 11.7 Å². The molecule has 0 saturated carbocycles. The molecular formula is C22H21FN2OS. The van der Waals surface area contributed by atoms with Gasteiger partial charge in [0.2, 0.25) is 0 Å². The molecule has 1 saturated heterocycles. The van der Waals surface area contributed by atoms with E-state index >= 15 is 0 Å². The van der Waals surface area contributed by atoms with Crippen molar-refractivity contribution < 1.29 is 4.39 Å². The predicted octanol–water partition coefficient (Wildman–Crippen LogP) is 4.34. The minimum absolute atomic E-state index is 0.118. The Bertz CT molecular complexity index is 1010. The molecule has 2 unspecified atom stereocenters. The van der Waals surface area contributed by atoms with Gasteiger partial charge in [0.05, 0.1) is 0 Å². The van der Waals surface area contributed by atoms with Crippen LogP contribution in [0.4, 0.5) is 4.39 Å². The molecule has 0 spiro atoms. The van der Waals surface area contributed by atoms with Crippen molar-refractivity contribution in [3.05, 3.63) is 81.3 Å². The zero-order chi connectivity index (χ0) is 18.4. The summed E-state index contributed by atoms with van der Waals surface area (Å²) >= 11 is 1.73. The maximum absolute atomic E-state index is 13.2. The Balaban J connectivity index is 1.48. The Labute approximate surface area is 161 Å². The fourth-order valence-electron chi connectivity index (χ4n) is 4.73. The second-order valence-electron chi connectivity index (χ2n) is 7.68. The first-order chi connectivity index (χ1) is 13.2. The molecule has 2 aliphatic heterocycles. The summed E-state index contributed by atoms with van der Waals surface area (Å²) in [4.78, 5) is 16.2. The van der Waals surface area contributed by atoms with Crippen LogP contribution in [0.15, 0.2) is 58.7 Å². The molecule has 4 heterocycles. The number of likely N-dealkylation sites (tertiary alicyclic amines) is 1. The van der Waals surface area contributed by atoms with E-state index in [1.807, 2.05) is 22.8 Å². The molecule has 2 aromatic heterocycles. The van der Waals surface area contributed by atoms with Gasteiger partial charge in [-0.05, 0) is 47.5 Å². The van der Waals surface area contributed by atoms with Crippen molar-refractivity contribution in [1.82, 2.24) is 9.47 Å². The van der Waals surface area contributed by atoms with E-state index in [1.165, 1.54) is 28.3 Å². The maximum Gasteiger partial charge on any atom is 0.250 e. The van der Waals surface area contributed by atoms with Crippen LogP contribution in [0.1, 0.15) is 23.6 Å². The second-order valence-corrected chi connectivity index (χ2v) is 8.63. The van der Waals surface area contributed by atoms with Gasteiger partial charge in [0.25, 0.3) is 5.56 Å². The van der Waals surface area contributed by atoms with E-state index in [1.54, 1.807) is 17.4 Å². The monoisotopic (exact) mass is 380 g/mol. The molecule has 1 fully saturated rings. The van der Waals surface area contributed by atoms with E-state index in [4.69, 9.17) is 0 Å². The zero-order valence-corrected chi connectivity index (χ0v) is 15.8. The highest BCUT2D eigenvalue weighted by atomic mass is 32.1. The number of piperidine rings is 1. The zero-order valence-electron chi connectivity index (χ0n) is 15.0. The summed E-state index contributed by atoms with van der Waals surface area (Å²) in [6.07, 6.45) is 1.14. The van der Waals surface area contributed by atoms with Crippen molar-refractivity contribution in [3.8, 4) is 10.4 Å². The summed E-state index contributed by atoms with van der Waals surface area (Å²) < 4.78 is 15.2. The first kappa shape index (κ1) is 16.9. The minimum atomic E-state index is -0.192. The number of nitrogens with zero attached hydrogens (tertiary/aromatic N) is 2. The fourth-order valence-corrected chi connectivity index (χ4v) is 5.49. The molecule has 3 aromatic rings. The Morgan fingerprint density at radius 3 is 2.67 bits per heavy atom. The van der Waals surface area contributed by atoms with Crippen LogP contribution in [0.25, 0.3) is 10.4 Å². The van der Waals surface area contributed by atoms with Gasteiger partial charge in [-0.25, -0.2) is 4.39 Å². The maximum atomic E-state index is 13.2. The highest BCUT2D eigenvalue weighted by molar-refractivity contribution is 7.13. The normalized spacial score (nSPS) is 21.8. The molecule has 138 valence electrons. The summed E-state index contributed by atoms with van der Waals surface area (Å²) in [5, 5.41) is 2.09. The molecule has 0 N–H and O–H groups in total. The molecule has 3 nitrogen and oxygen atoms in total. The highest BCUT2D eigenvalue weighted by Crippen LogP contribution is 2.41. The number of aromatic nitrogens is 1. The Kier molecular flexibility index (Phi) is 4.21. The van der Waals surface area contributed by atoms with Crippen molar-refractivity contribution in [2.75, 3.05) is 13.1 Å². The van der Waals surface area contributed by atoms with Crippen LogP contribution in [-0.2, 0) is 13.1 Å². The van der Waals surface area contributed by atoms with Gasteiger partial charge in [0, 0.05) is 54.3 Å². The Morgan fingerprint density at radius 2 is 1.89 bits per heavy atom. The first-order valence-corrected chi connectivity index (χ1v) is 10.3. The van der Waals surface area contributed by atoms with Crippen LogP contribution in [0.2, 0.25) is 0 Å². The van der Waals surface area contributed by atoms with Crippen LogP contribution in [-0.4, -0.2) is 22.6 Å². The minimum Gasteiger partial charge on any atom is -0.311 e. The van der Waals surface area contributed by atoms with E-state index in [2.05, 4.69) is 22.4 Å². The predicted molar refractivity (Wildman–Crippen MR) is 107 cm³/mol. The van der Waals surface area contributed by atoms with Crippen molar-refractivity contribution in [1.29, 1.82) is 0 Å². The molecule has 27 heavy (non-hydrogen) atoms. The first-order valence-electron chi connectivity index (χ1n) is 9.42. The fraction of sp³-hybridized carbons (Fsp3) is 0.318. The molecule has 0 radical (unpaired) electrons. The molecule has 5 heteroatoms. The third kappa shape index (κ3) is 3.15. The lowest BCUT2D eigenvalue weighted by atomic mass is 9.81. The van der Waals surface area contributed by atoms with E-state index in [0.717, 1.165) is 38.2 Å². The molecule has 2 atom stereocenters. The second kappa shape index (κ2) is 6.73. The lowest BCUT2D eigenvalue weighted by Crippen LogP contribution is -2.47. The van der Waals surface area contributed by atoms with Gasteiger partial charge in [-0.3, -0.25) is 9.69 Å². The summed E-state index contributed by atoms with van der Waals surface area (Å²) in [7, 11) is 0. The summed E-state index contributed by atoms with van der Waals surface area (Å²) in [6, 6.07) is 14.7. The summed E-state index contributed by atoms with van der Waals surface area (Å²) in [5.74, 6) is 0.667. The van der Waals surface area contributed by atoms with Gasteiger partial charge < -0.3 is 4.57 Å². The Morgan fingerprint density at radius 1 is 1.04 bits per heavy atom. The number of hydrogen-bond acceptors (Lipinski definition) is 3. The molecule has 1 aromatic carbocycles. The molecule has 5 rings (SSSR count). The molecule has 2 bridgehead atoms. The van der Waals surface area contributed by atoms with Gasteiger partial charge in [0.15, 0.2) is 0 Å². The number of hydrogen-bond donors (Lipinski definition) is 0. The molecule has 2 aliphatic rings. The standard InChI is InChI=1S/C22H21FN2OS/c23-18-5-3-15(4-6-18)11-24-12-16-10-17(14-24)22-19(20-2-1-9-27-20)7-8-21(26)25(22)13-16/h1-9,16-17H,10-14H2. The summed E-state index contributed by atoms with van der Waals surface area (Å²) in [6.45, 7) is 3.56. The van der Waals surface area contributed by atoms with Crippen molar-refractivity contribution in [3.63, 3.8) is 0 Å². The third-order valence-electron chi connectivity index (χ3n) is 5.77. The van der Waals surface area contributed by atoms with Gasteiger partial charge in [-0.1, -0.05) is 18.2 Å². The smallest absolute Gasteiger partial charge is 0.250 e. The van der Waals surface area contributed by atoms with Crippen molar-refractivity contribution >= 4 is 11.3 Å². The number of halogens is 1. The van der Waals surface area contributed by atoms with Crippen molar-refractivity contribution in [2.24, 2.45) is 5.92 Å². The number of pyridine rings is 1. The quantitative estimate of drug-likeness (QED) is 0.676. The van der Waals surface area contributed by atoms with Crippen LogP contribution in [0.5, 0.6) is 0 Å². The molecule has 0 amide bonds. The van der Waals surface area contributed by atoms with E-state index in [9.17, 15) is 9.18 Å². The van der Waals surface area contributed by atoms with Gasteiger partial charge >= 0.3 is 0 Å². The van der Waals surface area contributed by atoms with Gasteiger partial charge in [-0.15, -0.1) is 11.3 Å². The van der Waals surface area contributed by atoms with Crippen molar-refractivity contribution in [2.45, 2.75) is 25.4 Å².